The number of carbonyl (C=O) groups excluding carboxylic acids is 1. The lowest BCUT2D eigenvalue weighted by Crippen LogP contribution is -2.15. The Balaban J connectivity index is 2.70. The minimum absolute atomic E-state index is 0.00727. The second-order valence-electron chi connectivity index (χ2n) is 4.82. The smallest absolute Gasteiger partial charge is 0.413 e. The molecule has 0 aliphatic carbocycles. The van der Waals surface area contributed by atoms with Crippen molar-refractivity contribution >= 4 is 11.9 Å². The molecule has 0 spiro atoms. The van der Waals surface area contributed by atoms with Gasteiger partial charge in [-0.3, -0.25) is 0 Å². The fourth-order valence-corrected chi connectivity index (χ4v) is 2.32. The number of methoxy groups -OCH3 is 1. The average Bonchev–Trinajstić information content (AvgIpc) is 2.55. The molecule has 0 aromatic heterocycles. The molecule has 0 fully saturated rings. The zero-order chi connectivity index (χ0) is 16.9. The van der Waals surface area contributed by atoms with Crippen LogP contribution < -0.4 is 4.74 Å². The molecule has 0 saturated heterocycles. The number of ether oxygens (including phenoxy) is 1. The molecule has 2 nitrogen and oxygen atoms in total. The molecule has 120 valence electrons. The first-order chi connectivity index (χ1) is 11.0. The lowest BCUT2D eigenvalue weighted by Gasteiger charge is -2.17. The SMILES string of the molecule is COc1ccc(/C(=C(\CC=O)C(F)(F)F)c2ccccc2)cc1. The van der Waals surface area contributed by atoms with Crippen molar-refractivity contribution in [2.45, 2.75) is 12.6 Å². The van der Waals surface area contributed by atoms with Gasteiger partial charge in [0.2, 0.25) is 0 Å². The number of benzene rings is 2. The Kier molecular flexibility index (Phi) is 5.21. The number of allylic oxidation sites excluding steroid dienone is 1. The van der Waals surface area contributed by atoms with Gasteiger partial charge >= 0.3 is 6.18 Å². The second kappa shape index (κ2) is 7.13. The number of carbonyl (C=O) groups is 1. The normalized spacial score (nSPS) is 12.5. The van der Waals surface area contributed by atoms with Crippen LogP contribution in [0.4, 0.5) is 13.2 Å². The van der Waals surface area contributed by atoms with Crippen LogP contribution in [0.3, 0.4) is 0 Å². The Morgan fingerprint density at radius 1 is 1.00 bits per heavy atom. The Morgan fingerprint density at radius 3 is 2.04 bits per heavy atom. The Morgan fingerprint density at radius 2 is 1.57 bits per heavy atom. The molecule has 23 heavy (non-hydrogen) atoms. The maximum atomic E-state index is 13.4. The van der Waals surface area contributed by atoms with E-state index in [0.29, 0.717) is 16.9 Å². The molecule has 5 heteroatoms. The summed E-state index contributed by atoms with van der Waals surface area (Å²) in [5.41, 5.74) is -0.0604. The van der Waals surface area contributed by atoms with Gasteiger partial charge < -0.3 is 9.53 Å². The molecule has 0 atom stereocenters. The maximum Gasteiger partial charge on any atom is 0.413 e. The van der Waals surface area contributed by atoms with Gasteiger partial charge in [-0.05, 0) is 28.8 Å². The summed E-state index contributed by atoms with van der Waals surface area (Å²) >= 11 is 0. The van der Waals surface area contributed by atoms with Gasteiger partial charge in [0, 0.05) is 12.0 Å². The van der Waals surface area contributed by atoms with Gasteiger partial charge in [0.05, 0.1) is 7.11 Å². The lowest BCUT2D eigenvalue weighted by molar-refractivity contribution is -0.113. The molecule has 2 rings (SSSR count). The molecule has 2 aromatic rings. The number of halogens is 3. The first-order valence-corrected chi connectivity index (χ1v) is 6.91. The monoisotopic (exact) mass is 320 g/mol. The summed E-state index contributed by atoms with van der Waals surface area (Å²) in [6.07, 6.45) is -5.01. The summed E-state index contributed by atoms with van der Waals surface area (Å²) in [5, 5.41) is 0. The largest absolute Gasteiger partial charge is 0.497 e. The summed E-state index contributed by atoms with van der Waals surface area (Å²) in [4.78, 5) is 10.8. The van der Waals surface area contributed by atoms with Crippen LogP contribution in [0.5, 0.6) is 5.75 Å². The van der Waals surface area contributed by atoms with E-state index in [1.807, 2.05) is 0 Å². The van der Waals surface area contributed by atoms with Gasteiger partial charge in [-0.2, -0.15) is 13.2 Å². The Labute approximate surface area is 132 Å². The summed E-state index contributed by atoms with van der Waals surface area (Å²) < 4.78 is 45.3. The molecular formula is C18H15F3O2. The van der Waals surface area contributed by atoms with E-state index in [2.05, 4.69) is 0 Å². The zero-order valence-electron chi connectivity index (χ0n) is 12.4. The first kappa shape index (κ1) is 16.8. The minimum atomic E-state index is -4.59. The summed E-state index contributed by atoms with van der Waals surface area (Å²) in [7, 11) is 1.48. The highest BCUT2D eigenvalue weighted by Gasteiger charge is 2.36. The van der Waals surface area contributed by atoms with Crippen molar-refractivity contribution in [2.75, 3.05) is 7.11 Å². The highest BCUT2D eigenvalue weighted by Crippen LogP contribution is 2.38. The van der Waals surface area contributed by atoms with E-state index in [9.17, 15) is 18.0 Å². The highest BCUT2D eigenvalue weighted by atomic mass is 19.4. The first-order valence-electron chi connectivity index (χ1n) is 6.91. The fraction of sp³-hybridized carbons (Fsp3) is 0.167. The van der Waals surface area contributed by atoms with Crippen LogP contribution in [0.25, 0.3) is 5.57 Å². The van der Waals surface area contributed by atoms with Crippen molar-refractivity contribution in [2.24, 2.45) is 0 Å². The van der Waals surface area contributed by atoms with Crippen molar-refractivity contribution in [1.82, 2.24) is 0 Å². The predicted molar refractivity (Wildman–Crippen MR) is 82.2 cm³/mol. The summed E-state index contributed by atoms with van der Waals surface area (Å²) in [6.45, 7) is 0. The van der Waals surface area contributed by atoms with Crippen molar-refractivity contribution in [3.63, 3.8) is 0 Å². The number of hydrogen-bond donors (Lipinski definition) is 0. The molecule has 0 N–H and O–H groups in total. The molecule has 0 aliphatic heterocycles. The second-order valence-corrected chi connectivity index (χ2v) is 4.82. The van der Waals surface area contributed by atoms with Gasteiger partial charge in [-0.1, -0.05) is 42.5 Å². The quantitative estimate of drug-likeness (QED) is 0.750. The molecule has 0 amide bonds. The third-order valence-electron chi connectivity index (χ3n) is 3.37. The van der Waals surface area contributed by atoms with Crippen LogP contribution in [0.2, 0.25) is 0 Å². The van der Waals surface area contributed by atoms with Gasteiger partial charge in [-0.15, -0.1) is 0 Å². The molecule has 2 aromatic carbocycles. The maximum absolute atomic E-state index is 13.4. The van der Waals surface area contributed by atoms with Crippen molar-refractivity contribution < 1.29 is 22.7 Å². The minimum Gasteiger partial charge on any atom is -0.497 e. The molecule has 0 unspecified atom stereocenters. The lowest BCUT2D eigenvalue weighted by atomic mass is 9.91. The van der Waals surface area contributed by atoms with Gasteiger partial charge in [-0.25, -0.2) is 0 Å². The van der Waals surface area contributed by atoms with Crippen LogP contribution in [0.15, 0.2) is 60.2 Å². The summed E-state index contributed by atoms with van der Waals surface area (Å²) in [6, 6.07) is 14.5. The van der Waals surface area contributed by atoms with Crippen molar-refractivity contribution in [3.05, 3.63) is 71.3 Å². The van der Waals surface area contributed by atoms with E-state index >= 15 is 0 Å². The van der Waals surface area contributed by atoms with E-state index in [-0.39, 0.29) is 11.9 Å². The Bertz CT molecular complexity index is 686. The standard InChI is InChI=1S/C18H15F3O2/c1-23-15-9-7-14(8-10-15)17(13-5-3-2-4-6-13)16(11-12-22)18(19,20)21/h2-10,12H,11H2,1H3/b17-16+. The molecule has 0 heterocycles. The molecule has 0 radical (unpaired) electrons. The third kappa shape index (κ3) is 4.00. The van der Waals surface area contributed by atoms with Crippen molar-refractivity contribution in [3.8, 4) is 5.75 Å². The van der Waals surface area contributed by atoms with E-state index in [1.54, 1.807) is 54.6 Å². The molecule has 0 bridgehead atoms. The van der Waals surface area contributed by atoms with Crippen LogP contribution in [-0.2, 0) is 4.79 Å². The number of alkyl halides is 3. The zero-order valence-corrected chi connectivity index (χ0v) is 12.4. The van der Waals surface area contributed by atoms with Crippen LogP contribution in [0.1, 0.15) is 17.5 Å². The average molecular weight is 320 g/mol. The van der Waals surface area contributed by atoms with Crippen LogP contribution >= 0.6 is 0 Å². The number of aldehydes is 1. The van der Waals surface area contributed by atoms with Gasteiger partial charge in [0.15, 0.2) is 0 Å². The van der Waals surface area contributed by atoms with Gasteiger partial charge in [0.25, 0.3) is 0 Å². The molecule has 0 saturated carbocycles. The topological polar surface area (TPSA) is 26.3 Å². The number of rotatable bonds is 5. The van der Waals surface area contributed by atoms with E-state index in [4.69, 9.17) is 4.74 Å². The fourth-order valence-electron chi connectivity index (χ4n) is 2.32. The van der Waals surface area contributed by atoms with E-state index in [1.165, 1.54) is 7.11 Å². The van der Waals surface area contributed by atoms with E-state index in [0.717, 1.165) is 0 Å². The van der Waals surface area contributed by atoms with E-state index < -0.39 is 18.2 Å². The highest BCUT2D eigenvalue weighted by molar-refractivity contribution is 5.84. The Hall–Kier alpha value is -2.56. The predicted octanol–water partition coefficient (Wildman–Crippen LogP) is 4.65. The van der Waals surface area contributed by atoms with Gasteiger partial charge in [0.1, 0.15) is 12.0 Å². The molecule has 0 aliphatic rings. The van der Waals surface area contributed by atoms with Crippen molar-refractivity contribution in [1.29, 1.82) is 0 Å². The number of hydrogen-bond acceptors (Lipinski definition) is 2. The van der Waals surface area contributed by atoms with Crippen LogP contribution in [0, 0.1) is 0 Å². The summed E-state index contributed by atoms with van der Waals surface area (Å²) in [5.74, 6) is 0.546. The van der Waals surface area contributed by atoms with Crippen LogP contribution in [-0.4, -0.2) is 19.6 Å². The molecular weight excluding hydrogens is 305 g/mol. The third-order valence-corrected chi connectivity index (χ3v) is 3.37.